The van der Waals surface area contributed by atoms with Gasteiger partial charge in [0.25, 0.3) is 0 Å². The highest BCUT2D eigenvalue weighted by Crippen LogP contribution is 2.18. The van der Waals surface area contributed by atoms with Crippen LogP contribution >= 0.6 is 0 Å². The Balaban J connectivity index is 2.32. The summed E-state index contributed by atoms with van der Waals surface area (Å²) >= 11 is 0. The molecule has 0 fully saturated rings. The molecule has 1 aliphatic rings. The lowest BCUT2D eigenvalue weighted by Crippen LogP contribution is -2.16. The minimum Gasteiger partial charge on any atom is -0.476 e. The summed E-state index contributed by atoms with van der Waals surface area (Å²) < 4.78 is 5.53. The molecule has 0 amide bonds. The van der Waals surface area contributed by atoms with Gasteiger partial charge in [-0.25, -0.2) is 4.98 Å². The maximum absolute atomic E-state index is 5.53. The largest absolute Gasteiger partial charge is 0.476 e. The summed E-state index contributed by atoms with van der Waals surface area (Å²) in [4.78, 5) is 4.41. The molecule has 3 heteroatoms. The van der Waals surface area contributed by atoms with Crippen molar-refractivity contribution in [3.8, 4) is 5.88 Å². The van der Waals surface area contributed by atoms with Crippen molar-refractivity contribution >= 4 is 6.08 Å². The van der Waals surface area contributed by atoms with E-state index in [1.807, 2.05) is 25.1 Å². The zero-order valence-corrected chi connectivity index (χ0v) is 8.29. The third-order valence-electron chi connectivity index (χ3n) is 2.13. The molecule has 1 N–H and O–H groups in total. The van der Waals surface area contributed by atoms with Crippen LogP contribution in [-0.2, 0) is 6.54 Å². The van der Waals surface area contributed by atoms with Gasteiger partial charge in [-0.2, -0.15) is 0 Å². The first-order chi connectivity index (χ1) is 6.90. The van der Waals surface area contributed by atoms with E-state index < -0.39 is 0 Å². The van der Waals surface area contributed by atoms with Crippen LogP contribution in [-0.4, -0.2) is 18.1 Å². The van der Waals surface area contributed by atoms with E-state index in [1.165, 1.54) is 0 Å². The van der Waals surface area contributed by atoms with Crippen molar-refractivity contribution < 1.29 is 4.74 Å². The topological polar surface area (TPSA) is 34.1 Å². The minimum atomic E-state index is 0.694. The second-order valence-corrected chi connectivity index (χ2v) is 3.23. The average Bonchev–Trinajstić information content (AvgIpc) is 2.42. The molecule has 0 atom stereocenters. The Morgan fingerprint density at radius 2 is 2.43 bits per heavy atom. The van der Waals surface area contributed by atoms with Gasteiger partial charge in [0.2, 0.25) is 5.88 Å². The van der Waals surface area contributed by atoms with E-state index in [-0.39, 0.29) is 0 Å². The number of fused-ring (bicyclic) bond motifs is 1. The van der Waals surface area contributed by atoms with Crippen LogP contribution < -0.4 is 10.1 Å². The van der Waals surface area contributed by atoms with E-state index in [2.05, 4.69) is 16.4 Å². The Labute approximate surface area is 83.8 Å². The van der Waals surface area contributed by atoms with Gasteiger partial charge in [-0.3, -0.25) is 0 Å². The number of rotatable bonds is 1. The standard InChI is InChI=1S/C11H14N2O/c1-2-3-10-5-4-9-8-12-6-7-14-11(9)13-10/h2-5,12H,6-8H2,1H3. The molecular weight excluding hydrogens is 176 g/mol. The molecule has 1 aromatic heterocycles. The molecule has 14 heavy (non-hydrogen) atoms. The zero-order chi connectivity index (χ0) is 9.80. The molecule has 0 aromatic carbocycles. The monoisotopic (exact) mass is 190 g/mol. The van der Waals surface area contributed by atoms with E-state index in [1.54, 1.807) is 0 Å². The first-order valence-electron chi connectivity index (χ1n) is 4.86. The van der Waals surface area contributed by atoms with Gasteiger partial charge in [-0.05, 0) is 19.1 Å². The van der Waals surface area contributed by atoms with E-state index in [4.69, 9.17) is 4.74 Å². The molecule has 0 radical (unpaired) electrons. The molecule has 1 aromatic rings. The highest BCUT2D eigenvalue weighted by Gasteiger charge is 2.09. The van der Waals surface area contributed by atoms with Gasteiger partial charge in [-0.15, -0.1) is 0 Å². The summed E-state index contributed by atoms with van der Waals surface area (Å²) in [5, 5.41) is 3.27. The van der Waals surface area contributed by atoms with Gasteiger partial charge in [0, 0.05) is 18.7 Å². The molecule has 0 unspecified atom stereocenters. The van der Waals surface area contributed by atoms with Crippen LogP contribution in [0.25, 0.3) is 6.08 Å². The number of allylic oxidation sites excluding steroid dienone is 1. The fourth-order valence-electron chi connectivity index (χ4n) is 1.45. The van der Waals surface area contributed by atoms with Crippen LogP contribution in [0.15, 0.2) is 18.2 Å². The number of nitrogens with one attached hydrogen (secondary N) is 1. The lowest BCUT2D eigenvalue weighted by atomic mass is 10.2. The summed E-state index contributed by atoms with van der Waals surface area (Å²) in [6.45, 7) is 4.41. The first-order valence-corrected chi connectivity index (χ1v) is 4.86. The minimum absolute atomic E-state index is 0.694. The van der Waals surface area contributed by atoms with Gasteiger partial charge < -0.3 is 10.1 Å². The lowest BCUT2D eigenvalue weighted by molar-refractivity contribution is 0.313. The third-order valence-corrected chi connectivity index (χ3v) is 2.13. The molecule has 3 nitrogen and oxygen atoms in total. The molecule has 0 saturated heterocycles. The van der Waals surface area contributed by atoms with Crippen molar-refractivity contribution in [3.05, 3.63) is 29.5 Å². The van der Waals surface area contributed by atoms with Crippen molar-refractivity contribution in [1.29, 1.82) is 0 Å². The average molecular weight is 190 g/mol. The quantitative estimate of drug-likeness (QED) is 0.730. The molecule has 0 saturated carbocycles. The Kier molecular flexibility index (Phi) is 2.79. The Morgan fingerprint density at radius 1 is 1.50 bits per heavy atom. The summed E-state index contributed by atoms with van der Waals surface area (Å²) in [6, 6.07) is 4.07. The van der Waals surface area contributed by atoms with Crippen molar-refractivity contribution in [2.24, 2.45) is 0 Å². The van der Waals surface area contributed by atoms with Crippen molar-refractivity contribution in [1.82, 2.24) is 10.3 Å². The van der Waals surface area contributed by atoms with Crippen molar-refractivity contribution in [3.63, 3.8) is 0 Å². The van der Waals surface area contributed by atoms with Gasteiger partial charge in [-0.1, -0.05) is 12.1 Å². The molecule has 2 heterocycles. The van der Waals surface area contributed by atoms with Gasteiger partial charge in [0.1, 0.15) is 6.61 Å². The van der Waals surface area contributed by atoms with E-state index in [0.29, 0.717) is 6.61 Å². The zero-order valence-electron chi connectivity index (χ0n) is 8.29. The fourth-order valence-corrected chi connectivity index (χ4v) is 1.45. The second-order valence-electron chi connectivity index (χ2n) is 3.23. The van der Waals surface area contributed by atoms with Gasteiger partial charge in [0.15, 0.2) is 0 Å². The molecule has 0 bridgehead atoms. The molecule has 1 aliphatic heterocycles. The predicted molar refractivity (Wildman–Crippen MR) is 56.1 cm³/mol. The normalized spacial score (nSPS) is 16.1. The fraction of sp³-hybridized carbons (Fsp3) is 0.364. The first kappa shape index (κ1) is 9.21. The number of hydrogen-bond donors (Lipinski definition) is 1. The summed E-state index contributed by atoms with van der Waals surface area (Å²) in [6.07, 6.45) is 3.95. The third kappa shape index (κ3) is 1.93. The number of nitrogens with zero attached hydrogens (tertiary/aromatic N) is 1. The second kappa shape index (κ2) is 4.24. The van der Waals surface area contributed by atoms with Crippen LogP contribution in [0.1, 0.15) is 18.2 Å². The Morgan fingerprint density at radius 3 is 3.29 bits per heavy atom. The Bertz CT molecular complexity index is 347. The van der Waals surface area contributed by atoms with E-state index in [0.717, 1.165) is 30.2 Å². The number of ether oxygens (including phenoxy) is 1. The van der Waals surface area contributed by atoms with Gasteiger partial charge >= 0.3 is 0 Å². The van der Waals surface area contributed by atoms with E-state index >= 15 is 0 Å². The molecule has 74 valence electrons. The summed E-state index contributed by atoms with van der Waals surface area (Å²) in [7, 11) is 0. The summed E-state index contributed by atoms with van der Waals surface area (Å²) in [5.41, 5.74) is 2.09. The van der Waals surface area contributed by atoms with Gasteiger partial charge in [0.05, 0.1) is 5.69 Å². The maximum atomic E-state index is 5.53. The number of hydrogen-bond acceptors (Lipinski definition) is 3. The molecule has 0 spiro atoms. The van der Waals surface area contributed by atoms with Crippen LogP contribution in [0.2, 0.25) is 0 Å². The van der Waals surface area contributed by atoms with Crippen molar-refractivity contribution in [2.75, 3.05) is 13.2 Å². The molecule has 0 aliphatic carbocycles. The van der Waals surface area contributed by atoms with E-state index in [9.17, 15) is 0 Å². The highest BCUT2D eigenvalue weighted by atomic mass is 16.5. The molecular formula is C11H14N2O. The predicted octanol–water partition coefficient (Wildman–Crippen LogP) is 1.60. The molecule has 2 rings (SSSR count). The lowest BCUT2D eigenvalue weighted by Gasteiger charge is -2.05. The highest BCUT2D eigenvalue weighted by molar-refractivity contribution is 5.46. The van der Waals surface area contributed by atoms with Crippen LogP contribution in [0.3, 0.4) is 0 Å². The Hall–Kier alpha value is -1.35. The number of pyridine rings is 1. The smallest absolute Gasteiger partial charge is 0.218 e. The summed E-state index contributed by atoms with van der Waals surface area (Å²) in [5.74, 6) is 0.769. The van der Waals surface area contributed by atoms with Crippen LogP contribution in [0.4, 0.5) is 0 Å². The van der Waals surface area contributed by atoms with Crippen LogP contribution in [0.5, 0.6) is 5.88 Å². The SMILES string of the molecule is CC=Cc1ccc2c(n1)OCCNC2. The number of aromatic nitrogens is 1. The van der Waals surface area contributed by atoms with Crippen molar-refractivity contribution in [2.45, 2.75) is 13.5 Å². The maximum Gasteiger partial charge on any atom is 0.218 e. The van der Waals surface area contributed by atoms with Crippen LogP contribution in [0, 0.1) is 0 Å².